The second-order valence-corrected chi connectivity index (χ2v) is 18.3. The molecule has 2 rings (SSSR count). The molecule has 0 N–H and O–H groups in total. The monoisotopic (exact) mass is 676 g/mol. The van der Waals surface area contributed by atoms with Crippen molar-refractivity contribution in [2.75, 3.05) is 0 Å². The molecule has 2 aromatic rings. The highest BCUT2D eigenvalue weighted by molar-refractivity contribution is 5.31. The van der Waals surface area contributed by atoms with Crippen LogP contribution in [-0.2, 0) is 61.5 Å². The lowest BCUT2D eigenvalue weighted by molar-refractivity contribution is -0.403. The van der Waals surface area contributed by atoms with Crippen molar-refractivity contribution in [3.63, 3.8) is 0 Å². The first-order chi connectivity index (χ1) is 21.2. The van der Waals surface area contributed by atoms with Gasteiger partial charge in [-0.25, -0.2) is 39.1 Å². The van der Waals surface area contributed by atoms with Crippen LogP contribution in [0.25, 0.3) is 0 Å². The Hall–Kier alpha value is -1.88. The van der Waals surface area contributed by atoms with E-state index in [1.165, 1.54) is 0 Å². The number of hydrogen-bond donors (Lipinski definition) is 0. The normalized spacial score (nSPS) is 14.1. The predicted molar refractivity (Wildman–Crippen MR) is 193 cm³/mol. The van der Waals surface area contributed by atoms with Gasteiger partial charge in [-0.1, -0.05) is 42.5 Å². The third kappa shape index (κ3) is 16.7. The quantitative estimate of drug-likeness (QED) is 0.162. The Morgan fingerprint density at radius 3 is 0.688 bits per heavy atom. The Morgan fingerprint density at radius 2 is 0.479 bits per heavy atom. The molecule has 0 aliphatic rings. The van der Waals surface area contributed by atoms with Crippen molar-refractivity contribution in [1.29, 1.82) is 0 Å². The van der Waals surface area contributed by atoms with Crippen molar-refractivity contribution in [3.8, 4) is 0 Å². The molecule has 0 atom stereocenters. The third-order valence-electron chi connectivity index (χ3n) is 6.53. The van der Waals surface area contributed by atoms with Crippen LogP contribution in [-0.4, -0.2) is 22.4 Å². The summed E-state index contributed by atoms with van der Waals surface area (Å²) >= 11 is 0. The van der Waals surface area contributed by atoms with E-state index >= 15 is 0 Å². The van der Waals surface area contributed by atoms with Crippen LogP contribution in [0.3, 0.4) is 0 Å². The molecule has 0 aromatic heterocycles. The zero-order valence-electron chi connectivity index (χ0n) is 33.9. The zero-order valence-corrected chi connectivity index (χ0v) is 33.9. The molecule has 0 saturated heterocycles. The second kappa shape index (κ2) is 16.0. The molecular formula is C40H68O8. The summed E-state index contributed by atoms with van der Waals surface area (Å²) in [6.07, 6.45) is 0. The summed E-state index contributed by atoms with van der Waals surface area (Å²) in [7, 11) is 0. The van der Waals surface area contributed by atoms with E-state index < -0.39 is 22.4 Å². The van der Waals surface area contributed by atoms with Gasteiger partial charge in [-0.3, -0.25) is 0 Å². The van der Waals surface area contributed by atoms with Crippen molar-refractivity contribution >= 4 is 0 Å². The van der Waals surface area contributed by atoms with Crippen LogP contribution >= 0.6 is 0 Å². The molecule has 0 saturated carbocycles. The van der Waals surface area contributed by atoms with E-state index in [2.05, 4.69) is 6.07 Å². The van der Waals surface area contributed by atoms with Gasteiger partial charge in [-0.05, 0) is 167 Å². The van der Waals surface area contributed by atoms with E-state index in [0.717, 1.165) is 22.3 Å². The largest absolute Gasteiger partial charge is 0.230 e. The maximum atomic E-state index is 5.69. The van der Waals surface area contributed by atoms with E-state index in [1.807, 2.05) is 181 Å². The minimum absolute atomic E-state index is 0.350. The van der Waals surface area contributed by atoms with Crippen LogP contribution in [0.2, 0.25) is 0 Å². The fraction of sp³-hybridized carbons (Fsp3) is 0.700. The molecule has 8 heteroatoms. The average molecular weight is 677 g/mol. The summed E-state index contributed by atoms with van der Waals surface area (Å²) in [6, 6.07) is 16.2. The summed E-state index contributed by atoms with van der Waals surface area (Å²) in [5.74, 6) is 0. The van der Waals surface area contributed by atoms with E-state index in [9.17, 15) is 0 Å². The van der Waals surface area contributed by atoms with Crippen LogP contribution in [0.15, 0.2) is 48.5 Å². The maximum Gasteiger partial charge on any atom is 0.123 e. The van der Waals surface area contributed by atoms with E-state index in [4.69, 9.17) is 39.1 Å². The molecule has 0 bridgehead atoms. The van der Waals surface area contributed by atoms with Gasteiger partial charge in [0.1, 0.15) is 22.4 Å². The molecule has 0 spiro atoms. The van der Waals surface area contributed by atoms with Gasteiger partial charge in [0.15, 0.2) is 0 Å². The van der Waals surface area contributed by atoms with Crippen molar-refractivity contribution in [2.45, 2.75) is 183 Å². The van der Waals surface area contributed by atoms with Crippen molar-refractivity contribution < 1.29 is 39.1 Å². The molecule has 276 valence electrons. The highest BCUT2D eigenvalue weighted by Crippen LogP contribution is 2.34. The number of benzene rings is 2. The van der Waals surface area contributed by atoms with Gasteiger partial charge in [-0.2, -0.15) is 0 Å². The molecule has 0 amide bonds. The molecule has 48 heavy (non-hydrogen) atoms. The lowest BCUT2D eigenvalue weighted by atomic mass is 9.91. The van der Waals surface area contributed by atoms with Crippen LogP contribution in [0.4, 0.5) is 0 Å². The van der Waals surface area contributed by atoms with Crippen molar-refractivity contribution in [2.24, 2.45) is 0 Å². The first-order valence-electron chi connectivity index (χ1n) is 16.9. The van der Waals surface area contributed by atoms with E-state index in [0.29, 0.717) is 0 Å². The summed E-state index contributed by atoms with van der Waals surface area (Å²) in [5.41, 5.74) is 0.412. The minimum Gasteiger partial charge on any atom is -0.230 e. The van der Waals surface area contributed by atoms with Crippen LogP contribution in [0.5, 0.6) is 0 Å². The average Bonchev–Trinajstić information content (AvgIpc) is 2.92. The van der Waals surface area contributed by atoms with Gasteiger partial charge in [0.2, 0.25) is 0 Å². The minimum atomic E-state index is -0.579. The molecule has 0 fully saturated rings. The molecule has 0 aliphatic carbocycles. The third-order valence-corrected chi connectivity index (χ3v) is 6.53. The molecule has 0 unspecified atom stereocenters. The molecular weight excluding hydrogens is 608 g/mol. The molecule has 2 aromatic carbocycles. The standard InChI is InChI=1S/2C20H34O4/c1-17(2,3)21-23-19(7,8)15-11-13-16(14-12-15)20(9,10)24-22-18(4,5)6;1-17(2,3)21-23-19(7,8)15-12-11-13-16(14-15)20(9,10)24-22-18(4,5)6/h2*11-14H,1-10H3. The summed E-state index contributed by atoms with van der Waals surface area (Å²) in [5, 5.41) is 0. The Bertz CT molecular complexity index is 1150. The Morgan fingerprint density at radius 1 is 0.271 bits per heavy atom. The van der Waals surface area contributed by atoms with E-state index in [1.54, 1.807) is 0 Å². The van der Waals surface area contributed by atoms with Gasteiger partial charge >= 0.3 is 0 Å². The Balaban J connectivity index is 0.000000480. The summed E-state index contributed by atoms with van der Waals surface area (Å²) in [6.45, 7) is 39.4. The number of rotatable bonds is 12. The molecule has 0 heterocycles. The van der Waals surface area contributed by atoms with Gasteiger partial charge in [0.25, 0.3) is 0 Å². The fourth-order valence-corrected chi connectivity index (χ4v) is 3.65. The van der Waals surface area contributed by atoms with Gasteiger partial charge in [-0.15, -0.1) is 0 Å². The summed E-state index contributed by atoms with van der Waals surface area (Å²) < 4.78 is 0. The van der Waals surface area contributed by atoms with Gasteiger partial charge in [0, 0.05) is 0 Å². The second-order valence-electron chi connectivity index (χ2n) is 18.3. The van der Waals surface area contributed by atoms with Crippen LogP contribution < -0.4 is 0 Å². The first kappa shape index (κ1) is 44.1. The topological polar surface area (TPSA) is 73.8 Å². The maximum absolute atomic E-state index is 5.69. The lowest BCUT2D eigenvalue weighted by Crippen LogP contribution is -2.31. The highest BCUT2D eigenvalue weighted by atomic mass is 17.2. The van der Waals surface area contributed by atoms with Crippen LogP contribution in [0.1, 0.15) is 161 Å². The number of hydrogen-bond acceptors (Lipinski definition) is 8. The van der Waals surface area contributed by atoms with Crippen molar-refractivity contribution in [3.05, 3.63) is 70.8 Å². The van der Waals surface area contributed by atoms with Gasteiger partial charge < -0.3 is 0 Å². The molecule has 0 aliphatic heterocycles. The first-order valence-corrected chi connectivity index (χ1v) is 16.9. The Kier molecular flexibility index (Phi) is 14.7. The van der Waals surface area contributed by atoms with Crippen molar-refractivity contribution in [1.82, 2.24) is 0 Å². The molecule has 0 radical (unpaired) electrons. The SMILES string of the molecule is CC(C)(C)OOC(C)(C)c1ccc(C(C)(C)OOC(C)(C)C)cc1.CC(C)(C)OOC(C)(C)c1cccc(C(C)(C)OOC(C)(C)C)c1. The summed E-state index contributed by atoms with van der Waals surface area (Å²) in [4.78, 5) is 44.6. The van der Waals surface area contributed by atoms with E-state index in [-0.39, 0.29) is 22.4 Å². The van der Waals surface area contributed by atoms with Gasteiger partial charge in [0.05, 0.1) is 22.4 Å². The lowest BCUT2D eigenvalue weighted by Gasteiger charge is -2.32. The Labute approximate surface area is 292 Å². The smallest absolute Gasteiger partial charge is 0.123 e. The zero-order chi connectivity index (χ0) is 37.6. The fourth-order valence-electron chi connectivity index (χ4n) is 3.65. The molecule has 8 nitrogen and oxygen atoms in total. The predicted octanol–water partition coefficient (Wildman–Crippen LogP) is 11.3. The highest BCUT2D eigenvalue weighted by Gasteiger charge is 2.31. The van der Waals surface area contributed by atoms with Crippen LogP contribution in [0, 0.1) is 0 Å².